The van der Waals surface area contributed by atoms with E-state index in [4.69, 9.17) is 9.47 Å². The molecule has 0 aromatic heterocycles. The van der Waals surface area contributed by atoms with Gasteiger partial charge in [-0.05, 0) is 73.9 Å². The van der Waals surface area contributed by atoms with Crippen molar-refractivity contribution in [1.82, 2.24) is 0 Å². The highest BCUT2D eigenvalue weighted by atomic mass is 16.5. The fourth-order valence-corrected chi connectivity index (χ4v) is 5.29. The Morgan fingerprint density at radius 3 is 1.97 bits per heavy atom. The minimum Gasteiger partial charge on any atom is -0.494 e. The summed E-state index contributed by atoms with van der Waals surface area (Å²) in [5, 5.41) is 3.39. The number of anilines is 2. The lowest BCUT2D eigenvalue weighted by molar-refractivity contribution is -0.149. The maximum Gasteiger partial charge on any atom is 0.309 e. The molecule has 35 heavy (non-hydrogen) atoms. The van der Waals surface area contributed by atoms with Crippen LogP contribution in [0.3, 0.4) is 0 Å². The van der Waals surface area contributed by atoms with Crippen molar-refractivity contribution < 1.29 is 14.3 Å². The van der Waals surface area contributed by atoms with Gasteiger partial charge in [0.1, 0.15) is 5.75 Å². The second-order valence-corrected chi connectivity index (χ2v) is 10.1. The molecule has 4 nitrogen and oxygen atoms in total. The molecule has 188 valence electrons. The molecule has 2 aliphatic carbocycles. The van der Waals surface area contributed by atoms with Crippen molar-refractivity contribution in [2.24, 2.45) is 17.8 Å². The highest BCUT2D eigenvalue weighted by Crippen LogP contribution is 2.43. The molecule has 0 radical (unpaired) electrons. The van der Waals surface area contributed by atoms with E-state index in [1.54, 1.807) is 0 Å². The van der Waals surface area contributed by atoms with Crippen LogP contribution in [0.4, 0.5) is 11.4 Å². The molecule has 0 amide bonds. The average Bonchev–Trinajstić information content (AvgIpc) is 3.52. The first-order valence-corrected chi connectivity index (χ1v) is 13.7. The van der Waals surface area contributed by atoms with Crippen molar-refractivity contribution in [2.45, 2.75) is 70.6 Å². The summed E-state index contributed by atoms with van der Waals surface area (Å²) in [6, 6.07) is 18.4. The minimum absolute atomic E-state index is 0.0444. The summed E-state index contributed by atoms with van der Waals surface area (Å²) in [5.74, 6) is 2.20. The number of hydrogen-bond donors (Lipinski definition) is 1. The Morgan fingerprint density at radius 2 is 1.34 bits per heavy atom. The third-order valence-electron chi connectivity index (χ3n) is 7.30. The Balaban J connectivity index is 0.923. The molecule has 2 bridgehead atoms. The number of carbonyl (C=O) groups excluding carboxylic acids is 1. The van der Waals surface area contributed by atoms with Gasteiger partial charge in [0.2, 0.25) is 0 Å². The highest BCUT2D eigenvalue weighted by molar-refractivity contribution is 5.74. The molecule has 3 unspecified atom stereocenters. The second kappa shape index (κ2) is 14.0. The van der Waals surface area contributed by atoms with E-state index >= 15 is 0 Å². The molecule has 4 rings (SSSR count). The molecular weight excluding hydrogens is 434 g/mol. The lowest BCUT2D eigenvalue weighted by atomic mass is 9.94. The number of benzene rings is 2. The van der Waals surface area contributed by atoms with Gasteiger partial charge in [-0.15, -0.1) is 0 Å². The van der Waals surface area contributed by atoms with E-state index in [1.165, 1.54) is 38.5 Å². The summed E-state index contributed by atoms with van der Waals surface area (Å²) in [4.78, 5) is 12.2. The van der Waals surface area contributed by atoms with E-state index in [0.29, 0.717) is 18.4 Å². The summed E-state index contributed by atoms with van der Waals surface area (Å²) in [5.41, 5.74) is 2.16. The minimum atomic E-state index is 0.0444. The van der Waals surface area contributed by atoms with Crippen LogP contribution in [0.5, 0.6) is 5.75 Å². The summed E-state index contributed by atoms with van der Waals surface area (Å²) >= 11 is 0. The Hall–Kier alpha value is -2.75. The van der Waals surface area contributed by atoms with Gasteiger partial charge in [0.15, 0.2) is 0 Å². The van der Waals surface area contributed by atoms with Crippen molar-refractivity contribution in [1.29, 1.82) is 0 Å². The molecule has 1 fully saturated rings. The van der Waals surface area contributed by atoms with Gasteiger partial charge >= 0.3 is 5.97 Å². The zero-order valence-electron chi connectivity index (χ0n) is 21.0. The number of unbranched alkanes of at least 4 members (excludes halogenated alkanes) is 8. The van der Waals surface area contributed by atoms with Crippen LogP contribution in [0.1, 0.15) is 70.6 Å². The number of ether oxygens (including phenoxy) is 2. The Labute approximate surface area is 211 Å². The number of nitrogens with one attached hydrogen (secondary N) is 1. The van der Waals surface area contributed by atoms with E-state index in [2.05, 4.69) is 41.7 Å². The summed E-state index contributed by atoms with van der Waals surface area (Å²) < 4.78 is 11.4. The molecule has 2 aromatic carbocycles. The van der Waals surface area contributed by atoms with Crippen LogP contribution in [0.15, 0.2) is 66.7 Å². The Kier molecular flexibility index (Phi) is 10.1. The SMILES string of the molecule is O=C(OCCCCCCCCCCCOc1ccc(Nc2ccccc2)cc1)C1CC2C=CC1C2. The molecule has 1 N–H and O–H groups in total. The molecule has 4 heteroatoms. The Bertz CT molecular complexity index is 909. The molecule has 3 atom stereocenters. The molecule has 0 heterocycles. The third kappa shape index (κ3) is 8.45. The van der Waals surface area contributed by atoms with Crippen LogP contribution in [0, 0.1) is 17.8 Å². The number of rotatable bonds is 16. The monoisotopic (exact) mass is 475 g/mol. The lowest BCUT2D eigenvalue weighted by Crippen LogP contribution is -2.21. The average molecular weight is 476 g/mol. The van der Waals surface area contributed by atoms with Crippen molar-refractivity contribution >= 4 is 17.3 Å². The fraction of sp³-hybridized carbons (Fsp3) is 0.516. The van der Waals surface area contributed by atoms with Crippen molar-refractivity contribution in [3.63, 3.8) is 0 Å². The van der Waals surface area contributed by atoms with Gasteiger partial charge in [-0.25, -0.2) is 0 Å². The summed E-state index contributed by atoms with van der Waals surface area (Å²) in [6.07, 6.45) is 17.6. The predicted octanol–water partition coefficient (Wildman–Crippen LogP) is 8.08. The number of para-hydroxylation sites is 1. The number of fused-ring (bicyclic) bond motifs is 2. The first-order valence-electron chi connectivity index (χ1n) is 13.7. The number of carbonyl (C=O) groups is 1. The van der Waals surface area contributed by atoms with Crippen molar-refractivity contribution in [2.75, 3.05) is 18.5 Å². The van der Waals surface area contributed by atoms with Crippen LogP contribution in [-0.2, 0) is 9.53 Å². The maximum absolute atomic E-state index is 12.2. The number of esters is 1. The second-order valence-electron chi connectivity index (χ2n) is 10.1. The highest BCUT2D eigenvalue weighted by Gasteiger charge is 2.40. The normalized spacial score (nSPS) is 20.2. The van der Waals surface area contributed by atoms with E-state index in [-0.39, 0.29) is 11.9 Å². The zero-order chi connectivity index (χ0) is 24.1. The van der Waals surface area contributed by atoms with E-state index in [1.807, 2.05) is 30.3 Å². The van der Waals surface area contributed by atoms with Gasteiger partial charge in [-0.1, -0.05) is 75.3 Å². The fourth-order valence-electron chi connectivity index (χ4n) is 5.29. The summed E-state index contributed by atoms with van der Waals surface area (Å²) in [6.45, 7) is 1.38. The van der Waals surface area contributed by atoms with E-state index < -0.39 is 0 Å². The smallest absolute Gasteiger partial charge is 0.309 e. The maximum atomic E-state index is 12.2. The largest absolute Gasteiger partial charge is 0.494 e. The molecule has 0 aliphatic heterocycles. The van der Waals surface area contributed by atoms with Crippen LogP contribution < -0.4 is 10.1 Å². The van der Waals surface area contributed by atoms with Gasteiger partial charge in [0.25, 0.3) is 0 Å². The molecule has 2 aliphatic rings. The first-order chi connectivity index (χ1) is 17.3. The van der Waals surface area contributed by atoms with Gasteiger partial charge in [0.05, 0.1) is 19.1 Å². The van der Waals surface area contributed by atoms with E-state index in [9.17, 15) is 4.79 Å². The molecular formula is C31H41NO3. The standard InChI is InChI=1S/C31H41NO3/c33-31(30-24-25-15-16-26(30)23-25)35-22-12-7-5-3-1-2-4-6-11-21-34-29-19-17-28(18-20-29)32-27-13-9-8-10-14-27/h8-10,13-20,25-26,30,32H,1-7,11-12,21-24H2. The Morgan fingerprint density at radius 1 is 0.714 bits per heavy atom. The lowest BCUT2D eigenvalue weighted by Gasteiger charge is -2.16. The predicted molar refractivity (Wildman–Crippen MR) is 143 cm³/mol. The van der Waals surface area contributed by atoms with Crippen molar-refractivity contribution in [3.05, 3.63) is 66.7 Å². The van der Waals surface area contributed by atoms with Crippen molar-refractivity contribution in [3.8, 4) is 5.75 Å². The first kappa shape index (κ1) is 25.3. The van der Waals surface area contributed by atoms with Gasteiger partial charge in [-0.3, -0.25) is 4.79 Å². The topological polar surface area (TPSA) is 47.6 Å². The van der Waals surface area contributed by atoms with E-state index in [0.717, 1.165) is 55.8 Å². The quantitative estimate of drug-likeness (QED) is 0.151. The van der Waals surface area contributed by atoms with Gasteiger partial charge in [0, 0.05) is 11.4 Å². The summed E-state index contributed by atoms with van der Waals surface area (Å²) in [7, 11) is 0. The van der Waals surface area contributed by atoms with Gasteiger partial charge < -0.3 is 14.8 Å². The zero-order valence-corrected chi connectivity index (χ0v) is 21.0. The van der Waals surface area contributed by atoms with Crippen LogP contribution in [0.2, 0.25) is 0 Å². The van der Waals surface area contributed by atoms with Gasteiger partial charge in [-0.2, -0.15) is 0 Å². The number of hydrogen-bond acceptors (Lipinski definition) is 4. The van der Waals surface area contributed by atoms with Crippen LogP contribution in [-0.4, -0.2) is 19.2 Å². The van der Waals surface area contributed by atoms with Crippen LogP contribution >= 0.6 is 0 Å². The molecule has 1 saturated carbocycles. The van der Waals surface area contributed by atoms with Crippen LogP contribution in [0.25, 0.3) is 0 Å². The molecule has 0 spiro atoms. The molecule has 2 aromatic rings. The molecule has 0 saturated heterocycles. The third-order valence-corrected chi connectivity index (χ3v) is 7.30. The number of allylic oxidation sites excluding steroid dienone is 2.